The molecule has 0 aliphatic heterocycles. The van der Waals surface area contributed by atoms with Crippen molar-refractivity contribution < 1.29 is 4.43 Å². The third kappa shape index (κ3) is 3.78. The zero-order valence-electron chi connectivity index (χ0n) is 9.13. The third-order valence-corrected chi connectivity index (χ3v) is 3.50. The summed E-state index contributed by atoms with van der Waals surface area (Å²) < 4.78 is 6.78. The first kappa shape index (κ1) is 11.7. The van der Waals surface area contributed by atoms with Crippen LogP contribution in [0.15, 0.2) is 24.3 Å². The Morgan fingerprint density at radius 1 is 1.14 bits per heavy atom. The van der Waals surface area contributed by atoms with Gasteiger partial charge in [-0.2, -0.15) is 0 Å². The van der Waals surface area contributed by atoms with Gasteiger partial charge in [-0.15, -0.1) is 0 Å². The summed E-state index contributed by atoms with van der Waals surface area (Å²) >= 11 is 3.00. The molecule has 1 nitrogen and oxygen atoms in total. The Hall–Kier alpha value is -0.374. The number of aryl methyl sites for hydroxylation is 1. The van der Waals surface area contributed by atoms with Crippen molar-refractivity contribution in [3.05, 3.63) is 35.4 Å². The van der Waals surface area contributed by atoms with E-state index in [0.717, 1.165) is 10.2 Å². The Bertz CT molecular complexity index is 324. The van der Waals surface area contributed by atoms with Gasteiger partial charge in [0.25, 0.3) is 0 Å². The summed E-state index contributed by atoms with van der Waals surface area (Å²) in [7, 11) is -1.48. The van der Waals surface area contributed by atoms with E-state index in [-0.39, 0.29) is 0 Å². The molecule has 0 unspecified atom stereocenters. The number of hydrogen-bond donors (Lipinski definition) is 0. The van der Waals surface area contributed by atoms with Crippen molar-refractivity contribution in [3.63, 3.8) is 0 Å². The van der Waals surface area contributed by atoms with Gasteiger partial charge in [0.15, 0.2) is 0 Å². The van der Waals surface area contributed by atoms with Gasteiger partial charge in [-0.1, -0.05) is 0 Å². The van der Waals surface area contributed by atoms with Crippen LogP contribution >= 0.6 is 0 Å². The molecule has 0 aliphatic carbocycles. The zero-order chi connectivity index (χ0) is 10.8. The van der Waals surface area contributed by atoms with Crippen molar-refractivity contribution in [1.82, 2.24) is 0 Å². The molecule has 0 heterocycles. The first-order chi connectivity index (χ1) is 6.38. The van der Waals surface area contributed by atoms with Crippen LogP contribution in [0.3, 0.4) is 0 Å². The molecule has 0 saturated heterocycles. The summed E-state index contributed by atoms with van der Waals surface area (Å²) in [6, 6.07) is 8.36. The molecule has 0 aliphatic rings. The van der Waals surface area contributed by atoms with Gasteiger partial charge in [0, 0.05) is 0 Å². The van der Waals surface area contributed by atoms with Crippen molar-refractivity contribution in [2.75, 3.05) is 0 Å². The van der Waals surface area contributed by atoms with E-state index in [0.29, 0.717) is 0 Å². The average Bonchev–Trinajstić information content (AvgIpc) is 2.02. The van der Waals surface area contributed by atoms with E-state index in [9.17, 15) is 0 Å². The predicted molar refractivity (Wildman–Crippen MR) is 65.5 cm³/mol. The normalized spacial score (nSPS) is 11.1. The first-order valence-corrected chi connectivity index (χ1v) is 8.95. The number of hydrogen-bond acceptors (Lipinski definition) is 1. The molecule has 0 N–H and O–H groups in total. The number of rotatable bonds is 3. The fraction of sp³-hybridized carbons (Fsp3) is 0.364. The standard InChI is InChI=1S/C11H16OSeSi/c1-9-5-7-10(8-6-9)11(13)12-14(2,3)4/h5-8H,1-4H3. The third-order valence-electron chi connectivity index (χ3n) is 1.69. The van der Waals surface area contributed by atoms with Gasteiger partial charge < -0.3 is 0 Å². The molecule has 0 bridgehead atoms. The molecule has 3 heteroatoms. The molecular formula is C11H16OSeSi. The van der Waals surface area contributed by atoms with Crippen molar-refractivity contribution in [2.24, 2.45) is 0 Å². The molecule has 1 aromatic rings. The molecule has 0 aromatic heterocycles. The van der Waals surface area contributed by atoms with Gasteiger partial charge in [0.05, 0.1) is 0 Å². The molecule has 0 amide bonds. The van der Waals surface area contributed by atoms with Gasteiger partial charge in [0.1, 0.15) is 0 Å². The second-order valence-corrected chi connectivity index (χ2v) is 9.57. The molecule has 14 heavy (non-hydrogen) atoms. The average molecular weight is 271 g/mol. The van der Waals surface area contributed by atoms with Crippen molar-refractivity contribution >= 4 is 28.5 Å². The van der Waals surface area contributed by atoms with Gasteiger partial charge in [0.2, 0.25) is 0 Å². The fourth-order valence-electron chi connectivity index (χ4n) is 1.03. The Labute approximate surface area is 95.0 Å². The first-order valence-electron chi connectivity index (χ1n) is 4.68. The van der Waals surface area contributed by atoms with Crippen LogP contribution in [-0.4, -0.2) is 28.5 Å². The monoisotopic (exact) mass is 272 g/mol. The molecular weight excluding hydrogens is 255 g/mol. The Morgan fingerprint density at radius 2 is 1.64 bits per heavy atom. The molecule has 1 rings (SSSR count). The molecule has 0 fully saturated rings. The maximum atomic E-state index is 5.86. The van der Waals surface area contributed by atoms with E-state index in [1.165, 1.54) is 5.56 Å². The summed E-state index contributed by atoms with van der Waals surface area (Å²) in [4.78, 5) is 0. The zero-order valence-corrected chi connectivity index (χ0v) is 11.8. The van der Waals surface area contributed by atoms with Crippen LogP contribution in [-0.2, 0) is 4.43 Å². The maximum absolute atomic E-state index is 5.86. The van der Waals surface area contributed by atoms with Crippen LogP contribution in [0, 0.1) is 6.92 Å². The Morgan fingerprint density at radius 3 is 2.07 bits per heavy atom. The molecule has 1 aromatic carbocycles. The van der Waals surface area contributed by atoms with E-state index < -0.39 is 8.32 Å². The number of benzene rings is 1. The van der Waals surface area contributed by atoms with Crippen LogP contribution in [0.4, 0.5) is 0 Å². The molecule has 0 saturated carbocycles. The summed E-state index contributed by atoms with van der Waals surface area (Å²) in [6.07, 6.45) is 0. The van der Waals surface area contributed by atoms with E-state index in [2.05, 4.69) is 66.4 Å². The van der Waals surface area contributed by atoms with E-state index in [4.69, 9.17) is 4.43 Å². The summed E-state index contributed by atoms with van der Waals surface area (Å²) in [6.45, 7) is 8.62. The second-order valence-electron chi connectivity index (χ2n) is 4.37. The van der Waals surface area contributed by atoms with E-state index in [1.807, 2.05) is 0 Å². The van der Waals surface area contributed by atoms with E-state index in [1.54, 1.807) is 0 Å². The Balaban J connectivity index is 2.76. The van der Waals surface area contributed by atoms with Crippen LogP contribution in [0.5, 0.6) is 0 Å². The van der Waals surface area contributed by atoms with Gasteiger partial charge in [-0.05, 0) is 0 Å². The van der Waals surface area contributed by atoms with Gasteiger partial charge in [-0.3, -0.25) is 0 Å². The summed E-state index contributed by atoms with van der Waals surface area (Å²) in [5.41, 5.74) is 2.41. The summed E-state index contributed by atoms with van der Waals surface area (Å²) in [5, 5.41) is 0. The van der Waals surface area contributed by atoms with Crippen molar-refractivity contribution in [1.29, 1.82) is 0 Å². The van der Waals surface area contributed by atoms with Crippen LogP contribution in [0.1, 0.15) is 11.1 Å². The molecule has 76 valence electrons. The van der Waals surface area contributed by atoms with Crippen LogP contribution in [0.2, 0.25) is 19.6 Å². The van der Waals surface area contributed by atoms with Crippen molar-refractivity contribution in [3.8, 4) is 0 Å². The minimum absolute atomic E-state index is 0.921. The summed E-state index contributed by atoms with van der Waals surface area (Å²) in [5.74, 6) is 0. The second kappa shape index (κ2) is 4.43. The SMILES string of the molecule is Cc1ccc(C(=[Se])O[Si](C)(C)C)cc1. The Kier molecular flexibility index (Phi) is 3.70. The van der Waals surface area contributed by atoms with Gasteiger partial charge >= 0.3 is 94.9 Å². The molecule has 0 atom stereocenters. The quantitative estimate of drug-likeness (QED) is 0.768. The van der Waals surface area contributed by atoms with Crippen LogP contribution < -0.4 is 0 Å². The fourth-order valence-corrected chi connectivity index (χ4v) is 3.56. The predicted octanol–water partition coefficient (Wildman–Crippen LogP) is 2.49. The minimum atomic E-state index is -1.48. The molecule has 0 spiro atoms. The van der Waals surface area contributed by atoms with E-state index >= 15 is 0 Å². The molecule has 0 radical (unpaired) electrons. The van der Waals surface area contributed by atoms with Gasteiger partial charge in [-0.25, -0.2) is 0 Å². The van der Waals surface area contributed by atoms with Crippen LogP contribution in [0.25, 0.3) is 0 Å². The topological polar surface area (TPSA) is 9.23 Å². The van der Waals surface area contributed by atoms with Crippen molar-refractivity contribution in [2.45, 2.75) is 26.6 Å².